The summed E-state index contributed by atoms with van der Waals surface area (Å²) in [6.07, 6.45) is 3.51. The molecule has 103 valence electrons. The number of nitrogens with zero attached hydrogens (tertiary/aromatic N) is 2. The van der Waals surface area contributed by atoms with Crippen molar-refractivity contribution in [3.8, 4) is 0 Å². The Morgan fingerprint density at radius 3 is 2.20 bits per heavy atom. The second-order valence-corrected chi connectivity index (χ2v) is 4.12. The topological polar surface area (TPSA) is 41.6 Å². The molecule has 1 N–H and O–H groups in total. The molecule has 0 unspecified atom stereocenters. The minimum absolute atomic E-state index is 0. The molecule has 0 aliphatic carbocycles. The minimum Gasteiger partial charge on any atom is -0.345 e. The second-order valence-electron chi connectivity index (χ2n) is 4.12. The third-order valence-electron chi connectivity index (χ3n) is 2.84. The van der Waals surface area contributed by atoms with Crippen molar-refractivity contribution in [1.82, 2.24) is 15.0 Å². The van der Waals surface area contributed by atoms with Crippen molar-refractivity contribution in [3.05, 3.63) is 73.2 Å². The van der Waals surface area contributed by atoms with Crippen LogP contribution in [0.3, 0.4) is 0 Å². The van der Waals surface area contributed by atoms with Gasteiger partial charge in [-0.1, -0.05) is 36.4 Å². The van der Waals surface area contributed by atoms with E-state index in [0.29, 0.717) is 0 Å². The van der Waals surface area contributed by atoms with Crippen molar-refractivity contribution < 1.29 is 17.1 Å². The Balaban J connectivity index is 0.000000141. The zero-order chi connectivity index (χ0) is 12.9. The summed E-state index contributed by atoms with van der Waals surface area (Å²) in [5.41, 5.74) is 3.18. The summed E-state index contributed by atoms with van der Waals surface area (Å²) < 4.78 is 0. The van der Waals surface area contributed by atoms with Gasteiger partial charge >= 0.3 is 0 Å². The van der Waals surface area contributed by atoms with Gasteiger partial charge in [0.1, 0.15) is 0 Å². The quantitative estimate of drug-likeness (QED) is 0.502. The van der Waals surface area contributed by atoms with Gasteiger partial charge in [-0.15, -0.1) is 0 Å². The van der Waals surface area contributed by atoms with Crippen molar-refractivity contribution in [2.45, 2.75) is 0 Å². The van der Waals surface area contributed by atoms with Crippen molar-refractivity contribution in [1.29, 1.82) is 0 Å². The van der Waals surface area contributed by atoms with E-state index in [1.165, 1.54) is 5.39 Å². The molecule has 1 radical (unpaired) electrons. The summed E-state index contributed by atoms with van der Waals surface area (Å²) in [6, 6.07) is 20.0. The van der Waals surface area contributed by atoms with Gasteiger partial charge in [0.2, 0.25) is 0 Å². The Morgan fingerprint density at radius 1 is 0.700 bits per heavy atom. The maximum Gasteiger partial charge on any atom is 0.0931 e. The molecule has 0 aliphatic rings. The van der Waals surface area contributed by atoms with Crippen LogP contribution in [0.5, 0.6) is 0 Å². The van der Waals surface area contributed by atoms with Crippen molar-refractivity contribution in [2.75, 3.05) is 0 Å². The summed E-state index contributed by atoms with van der Waals surface area (Å²) in [5, 5.41) is 1.20. The Morgan fingerprint density at radius 2 is 1.40 bits per heavy atom. The molecule has 20 heavy (non-hydrogen) atoms. The van der Waals surface area contributed by atoms with E-state index in [2.05, 4.69) is 27.1 Å². The van der Waals surface area contributed by atoms with Crippen LogP contribution in [0.1, 0.15) is 0 Å². The van der Waals surface area contributed by atoms with Crippen LogP contribution in [0.25, 0.3) is 21.9 Å². The number of H-pyrrole nitrogens is 1. The number of hydrogen-bond donors (Lipinski definition) is 1. The van der Waals surface area contributed by atoms with Gasteiger partial charge in [0.15, 0.2) is 0 Å². The minimum atomic E-state index is 0. The molecular formula is C16H13CuN3. The summed E-state index contributed by atoms with van der Waals surface area (Å²) in [5.74, 6) is 0. The molecule has 0 spiro atoms. The number of fused-ring (bicyclic) bond motifs is 2. The average Bonchev–Trinajstić information content (AvgIpc) is 2.96. The van der Waals surface area contributed by atoms with Crippen molar-refractivity contribution in [3.63, 3.8) is 0 Å². The van der Waals surface area contributed by atoms with Gasteiger partial charge in [-0.25, -0.2) is 4.98 Å². The van der Waals surface area contributed by atoms with E-state index >= 15 is 0 Å². The fraction of sp³-hybridized carbons (Fsp3) is 0. The number of imidazole rings is 1. The number of aromatic nitrogens is 3. The van der Waals surface area contributed by atoms with Crippen LogP contribution in [-0.2, 0) is 17.1 Å². The number of para-hydroxylation sites is 3. The summed E-state index contributed by atoms with van der Waals surface area (Å²) >= 11 is 0. The number of benzene rings is 2. The molecule has 2 heterocycles. The van der Waals surface area contributed by atoms with E-state index in [4.69, 9.17) is 0 Å². The number of rotatable bonds is 0. The Bertz CT molecular complexity index is 700. The van der Waals surface area contributed by atoms with E-state index in [-0.39, 0.29) is 17.1 Å². The Labute approximate surface area is 127 Å². The third kappa shape index (κ3) is 3.23. The van der Waals surface area contributed by atoms with Crippen LogP contribution in [0.15, 0.2) is 73.2 Å². The van der Waals surface area contributed by atoms with Crippen LogP contribution in [-0.4, -0.2) is 15.0 Å². The summed E-state index contributed by atoms with van der Waals surface area (Å²) in [7, 11) is 0. The van der Waals surface area contributed by atoms with Gasteiger partial charge in [-0.3, -0.25) is 4.98 Å². The van der Waals surface area contributed by atoms with Crippen LogP contribution in [0, 0.1) is 0 Å². The number of nitrogens with one attached hydrogen (secondary N) is 1. The first-order valence-electron chi connectivity index (χ1n) is 6.11. The first-order chi connectivity index (χ1) is 9.43. The van der Waals surface area contributed by atoms with Crippen LogP contribution >= 0.6 is 0 Å². The number of pyridine rings is 1. The van der Waals surface area contributed by atoms with Crippen LogP contribution in [0.4, 0.5) is 0 Å². The molecule has 4 heteroatoms. The fourth-order valence-electron chi connectivity index (χ4n) is 1.90. The molecule has 0 saturated heterocycles. The smallest absolute Gasteiger partial charge is 0.0931 e. The van der Waals surface area contributed by atoms with Gasteiger partial charge in [-0.05, 0) is 24.3 Å². The van der Waals surface area contributed by atoms with Crippen LogP contribution < -0.4 is 0 Å². The van der Waals surface area contributed by atoms with Gasteiger partial charge in [0, 0.05) is 28.7 Å². The Hall–Kier alpha value is -2.16. The van der Waals surface area contributed by atoms with Crippen molar-refractivity contribution >= 4 is 21.9 Å². The Kier molecular flexibility index (Phi) is 4.88. The van der Waals surface area contributed by atoms with E-state index in [1.54, 1.807) is 6.33 Å². The van der Waals surface area contributed by atoms with Crippen molar-refractivity contribution in [2.24, 2.45) is 0 Å². The predicted molar refractivity (Wildman–Crippen MR) is 77.8 cm³/mol. The van der Waals surface area contributed by atoms with E-state index in [1.807, 2.05) is 54.7 Å². The van der Waals surface area contributed by atoms with Gasteiger partial charge in [0.05, 0.1) is 22.9 Å². The maximum atomic E-state index is 4.18. The van der Waals surface area contributed by atoms with Crippen LogP contribution in [0.2, 0.25) is 0 Å². The normalized spacial score (nSPS) is 9.60. The standard InChI is InChI=1S/C9H7N.C7H6N2.Cu/c1-2-6-9-8(4-1)5-3-7-10-9;1-2-4-7-6(3-1)8-5-9-7;/h1-7H;1-5H,(H,8,9);. The molecule has 0 amide bonds. The zero-order valence-corrected chi connectivity index (χ0v) is 11.6. The fourth-order valence-corrected chi connectivity index (χ4v) is 1.90. The monoisotopic (exact) mass is 310 g/mol. The van der Waals surface area contributed by atoms with E-state index in [0.717, 1.165) is 16.6 Å². The second kappa shape index (κ2) is 6.85. The summed E-state index contributed by atoms with van der Waals surface area (Å²) in [4.78, 5) is 11.3. The van der Waals surface area contributed by atoms with E-state index < -0.39 is 0 Å². The number of aromatic amines is 1. The molecule has 3 nitrogen and oxygen atoms in total. The molecule has 0 aliphatic heterocycles. The van der Waals surface area contributed by atoms with Gasteiger partial charge in [-0.2, -0.15) is 0 Å². The molecule has 2 aromatic heterocycles. The molecular weight excluding hydrogens is 298 g/mol. The molecule has 4 aromatic rings. The average molecular weight is 311 g/mol. The molecule has 2 aromatic carbocycles. The predicted octanol–water partition coefficient (Wildman–Crippen LogP) is 3.80. The SMILES string of the molecule is [Cu].c1ccc2[nH]cnc2c1.c1ccc2ncccc2c1. The largest absolute Gasteiger partial charge is 0.345 e. The number of hydrogen-bond acceptors (Lipinski definition) is 2. The molecule has 0 atom stereocenters. The molecule has 4 rings (SSSR count). The summed E-state index contributed by atoms with van der Waals surface area (Å²) in [6.45, 7) is 0. The molecule has 0 fully saturated rings. The molecule has 0 bridgehead atoms. The zero-order valence-electron chi connectivity index (χ0n) is 10.6. The van der Waals surface area contributed by atoms with Gasteiger partial charge in [0.25, 0.3) is 0 Å². The first-order valence-corrected chi connectivity index (χ1v) is 6.11. The van der Waals surface area contributed by atoms with Gasteiger partial charge < -0.3 is 4.98 Å². The third-order valence-corrected chi connectivity index (χ3v) is 2.84. The molecule has 0 saturated carbocycles. The van der Waals surface area contributed by atoms with E-state index in [9.17, 15) is 0 Å². The maximum absolute atomic E-state index is 4.18. The first kappa shape index (κ1) is 14.3.